The van der Waals surface area contributed by atoms with E-state index >= 15 is 0 Å². The van der Waals surface area contributed by atoms with E-state index in [4.69, 9.17) is 14.2 Å². The molecule has 12 nitrogen and oxygen atoms in total. The number of aliphatic hydroxyl groups excluding tert-OH is 1. The average molecular weight is 583 g/mol. The molecule has 0 radical (unpaired) electrons. The maximum atomic E-state index is 12.5. The van der Waals surface area contributed by atoms with Gasteiger partial charge < -0.3 is 34.9 Å². The fourth-order valence-corrected chi connectivity index (χ4v) is 5.25. The normalized spacial score (nSPS) is 15.3. The molecule has 41 heavy (non-hydrogen) atoms. The maximum Gasteiger partial charge on any atom is 0.232 e. The van der Waals surface area contributed by atoms with Crippen LogP contribution in [0.5, 0.6) is 17.2 Å². The summed E-state index contributed by atoms with van der Waals surface area (Å²) >= 11 is 0. The molecule has 13 heteroatoms. The van der Waals surface area contributed by atoms with Crippen molar-refractivity contribution in [3.05, 3.63) is 48.7 Å². The van der Waals surface area contributed by atoms with Crippen LogP contribution < -0.4 is 34.0 Å². The summed E-state index contributed by atoms with van der Waals surface area (Å²) in [4.78, 5) is 11.3. The van der Waals surface area contributed by atoms with E-state index < -0.39 is 10.0 Å². The van der Waals surface area contributed by atoms with Crippen LogP contribution in [0.1, 0.15) is 18.4 Å². The molecule has 2 aliphatic rings. The Morgan fingerprint density at radius 2 is 1.88 bits per heavy atom. The van der Waals surface area contributed by atoms with Gasteiger partial charge in [-0.1, -0.05) is 12.7 Å². The largest absolute Gasteiger partial charge is 0.494 e. The zero-order valence-corrected chi connectivity index (χ0v) is 24.1. The van der Waals surface area contributed by atoms with E-state index in [0.29, 0.717) is 64.9 Å². The number of sulfonamides is 1. The maximum absolute atomic E-state index is 12.5. The molecular weight excluding hydrogens is 548 g/mol. The molecule has 3 N–H and O–H groups in total. The molecular formula is C28H34N6O6S. The standard InChI is InChI=1S/C28H34N6O6S/c1-5-18-17-29-28(31-21-7-6-19(16-24(21)38-3)34-12-10-20(35)11-13-34)32-27(18)30-22-8-9-23-26(40-15-14-39-23)25(22)33(2)41(4,36)37/h5-9,16-17,20,35H,1,10-15H2,2-4H3,(H2,29,30,31,32). The van der Waals surface area contributed by atoms with Crippen molar-refractivity contribution >= 4 is 50.6 Å². The van der Waals surface area contributed by atoms with Gasteiger partial charge in [0.05, 0.1) is 30.8 Å². The highest BCUT2D eigenvalue weighted by Crippen LogP contribution is 2.46. The summed E-state index contributed by atoms with van der Waals surface area (Å²) in [6.45, 7) is 6.08. The Balaban J connectivity index is 1.46. The van der Waals surface area contributed by atoms with Crippen molar-refractivity contribution in [1.82, 2.24) is 9.97 Å². The Labute approximate surface area is 239 Å². The van der Waals surface area contributed by atoms with Crippen molar-refractivity contribution in [2.45, 2.75) is 18.9 Å². The molecule has 0 spiro atoms. The van der Waals surface area contributed by atoms with E-state index in [0.717, 1.165) is 42.2 Å². The third-order valence-corrected chi connectivity index (χ3v) is 8.22. The highest BCUT2D eigenvalue weighted by atomic mass is 32.2. The molecule has 3 heterocycles. The lowest BCUT2D eigenvalue weighted by molar-refractivity contribution is 0.145. The number of anilines is 6. The number of aromatic nitrogens is 2. The number of hydrogen-bond acceptors (Lipinski definition) is 11. The Bertz CT molecular complexity index is 1540. The lowest BCUT2D eigenvalue weighted by atomic mass is 10.1. The Hall–Kier alpha value is -4.23. The molecule has 1 aromatic heterocycles. The lowest BCUT2D eigenvalue weighted by Crippen LogP contribution is -2.35. The fraction of sp³-hybridized carbons (Fsp3) is 0.357. The second-order valence-corrected chi connectivity index (χ2v) is 11.8. The summed E-state index contributed by atoms with van der Waals surface area (Å²) in [7, 11) is -0.575. The van der Waals surface area contributed by atoms with Gasteiger partial charge in [0.2, 0.25) is 16.0 Å². The zero-order valence-electron chi connectivity index (χ0n) is 23.3. The molecule has 218 valence electrons. The van der Waals surface area contributed by atoms with Crippen LogP contribution in [0.4, 0.5) is 34.5 Å². The Kier molecular flexibility index (Phi) is 8.08. The predicted molar refractivity (Wildman–Crippen MR) is 160 cm³/mol. The molecule has 1 saturated heterocycles. The van der Waals surface area contributed by atoms with Gasteiger partial charge in [-0.25, -0.2) is 13.4 Å². The molecule has 0 aliphatic carbocycles. The first-order chi connectivity index (χ1) is 19.7. The van der Waals surface area contributed by atoms with Gasteiger partial charge in [-0.3, -0.25) is 4.31 Å². The van der Waals surface area contributed by atoms with Crippen molar-refractivity contribution in [1.29, 1.82) is 0 Å². The Morgan fingerprint density at radius 1 is 1.15 bits per heavy atom. The number of rotatable bonds is 9. The number of fused-ring (bicyclic) bond motifs is 1. The van der Waals surface area contributed by atoms with Gasteiger partial charge in [0.15, 0.2) is 11.5 Å². The highest BCUT2D eigenvalue weighted by molar-refractivity contribution is 7.92. The van der Waals surface area contributed by atoms with Gasteiger partial charge in [-0.05, 0) is 37.1 Å². The van der Waals surface area contributed by atoms with Crippen LogP contribution in [0, 0.1) is 0 Å². The monoisotopic (exact) mass is 582 g/mol. The zero-order chi connectivity index (χ0) is 29.1. The summed E-state index contributed by atoms with van der Waals surface area (Å²) in [6.07, 6.45) is 5.55. The third-order valence-electron chi connectivity index (χ3n) is 7.05. The minimum Gasteiger partial charge on any atom is -0.494 e. The van der Waals surface area contributed by atoms with Crippen molar-refractivity contribution in [2.24, 2.45) is 0 Å². The van der Waals surface area contributed by atoms with Gasteiger partial charge in [0.25, 0.3) is 0 Å². The summed E-state index contributed by atoms with van der Waals surface area (Å²) < 4.78 is 43.4. The van der Waals surface area contributed by atoms with Crippen LogP contribution in [0.2, 0.25) is 0 Å². The molecule has 0 bridgehead atoms. The molecule has 0 saturated carbocycles. The minimum atomic E-state index is -3.63. The van der Waals surface area contributed by atoms with E-state index in [1.807, 2.05) is 18.2 Å². The fourth-order valence-electron chi connectivity index (χ4n) is 4.73. The molecule has 3 aromatic rings. The number of nitrogens with zero attached hydrogens (tertiary/aromatic N) is 4. The van der Waals surface area contributed by atoms with Crippen LogP contribution in [-0.2, 0) is 10.0 Å². The molecule has 0 amide bonds. The second-order valence-electron chi connectivity index (χ2n) is 9.77. The van der Waals surface area contributed by atoms with E-state index in [1.54, 1.807) is 31.5 Å². The molecule has 2 aliphatic heterocycles. The van der Waals surface area contributed by atoms with Crippen LogP contribution in [0.15, 0.2) is 43.1 Å². The smallest absolute Gasteiger partial charge is 0.232 e. The lowest BCUT2D eigenvalue weighted by Gasteiger charge is -2.31. The number of benzene rings is 2. The first kappa shape index (κ1) is 28.3. The molecule has 5 rings (SSSR count). The van der Waals surface area contributed by atoms with Crippen LogP contribution in [-0.4, -0.2) is 76.3 Å². The Morgan fingerprint density at radius 3 is 2.59 bits per heavy atom. The number of ether oxygens (including phenoxy) is 3. The van der Waals surface area contributed by atoms with Crippen molar-refractivity contribution in [2.75, 3.05) is 66.6 Å². The molecule has 0 unspecified atom stereocenters. The summed E-state index contributed by atoms with van der Waals surface area (Å²) in [6, 6.07) is 9.27. The summed E-state index contributed by atoms with van der Waals surface area (Å²) in [5.74, 6) is 2.09. The molecule has 1 fully saturated rings. The third kappa shape index (κ3) is 6.10. The summed E-state index contributed by atoms with van der Waals surface area (Å²) in [5.41, 5.74) is 3.03. The van der Waals surface area contributed by atoms with Crippen molar-refractivity contribution in [3.8, 4) is 17.2 Å². The quantitative estimate of drug-likeness (QED) is 0.340. The number of nitrogens with one attached hydrogen (secondary N) is 2. The first-order valence-corrected chi connectivity index (χ1v) is 15.0. The number of hydrogen-bond donors (Lipinski definition) is 3. The average Bonchev–Trinajstić information content (AvgIpc) is 2.97. The highest BCUT2D eigenvalue weighted by Gasteiger charge is 2.27. The van der Waals surface area contributed by atoms with Crippen LogP contribution >= 0.6 is 0 Å². The van der Waals surface area contributed by atoms with Gasteiger partial charge >= 0.3 is 0 Å². The number of methoxy groups -OCH3 is 1. The van der Waals surface area contributed by atoms with Gasteiger partial charge in [0, 0.05) is 43.7 Å². The number of piperidine rings is 1. The number of aliphatic hydroxyl groups is 1. The van der Waals surface area contributed by atoms with Crippen LogP contribution in [0.25, 0.3) is 6.08 Å². The first-order valence-electron chi connectivity index (χ1n) is 13.2. The van der Waals surface area contributed by atoms with E-state index in [9.17, 15) is 13.5 Å². The topological polar surface area (TPSA) is 138 Å². The van der Waals surface area contributed by atoms with E-state index in [1.165, 1.54) is 7.05 Å². The van der Waals surface area contributed by atoms with Gasteiger partial charge in [-0.15, -0.1) is 0 Å². The van der Waals surface area contributed by atoms with E-state index in [2.05, 4.69) is 32.1 Å². The second kappa shape index (κ2) is 11.7. The molecule has 2 aromatic carbocycles. The van der Waals surface area contributed by atoms with Gasteiger partial charge in [-0.2, -0.15) is 4.98 Å². The van der Waals surface area contributed by atoms with Crippen molar-refractivity contribution in [3.63, 3.8) is 0 Å². The minimum absolute atomic E-state index is 0.252. The summed E-state index contributed by atoms with van der Waals surface area (Å²) in [5, 5.41) is 16.3. The SMILES string of the molecule is C=Cc1cnc(Nc2ccc(N3CCC(O)CC3)cc2OC)nc1Nc1ccc2c(c1N(C)S(C)(=O)=O)OCCO2. The van der Waals surface area contributed by atoms with E-state index in [-0.39, 0.29) is 6.10 Å². The molecule has 0 atom stereocenters. The van der Waals surface area contributed by atoms with Gasteiger partial charge in [0.1, 0.15) is 30.5 Å². The predicted octanol–water partition coefficient (Wildman–Crippen LogP) is 3.74. The van der Waals surface area contributed by atoms with Crippen LogP contribution in [0.3, 0.4) is 0 Å². The van der Waals surface area contributed by atoms with Crippen molar-refractivity contribution < 1.29 is 27.7 Å².